The molecule has 0 saturated carbocycles. The van der Waals surface area contributed by atoms with Crippen LogP contribution in [0, 0.1) is 5.41 Å². The van der Waals surface area contributed by atoms with Crippen LogP contribution in [0.1, 0.15) is 39.2 Å². The quantitative estimate of drug-likeness (QED) is 0.576. The molecular weight excluding hydrogens is 336 g/mol. The number of benzene rings is 1. The van der Waals surface area contributed by atoms with E-state index in [1.54, 1.807) is 20.8 Å². The molecule has 1 aromatic rings. The standard InChI is InChI=1S/C16H21BrO4/c1-5-20-14(18)16(4,15(19)21-6-2)11(3)12-7-9-13(17)10-8-12/h7-11H,5-6H2,1-4H3. The van der Waals surface area contributed by atoms with Crippen LogP contribution in [-0.4, -0.2) is 25.2 Å². The topological polar surface area (TPSA) is 52.6 Å². The lowest BCUT2D eigenvalue weighted by atomic mass is 9.74. The van der Waals surface area contributed by atoms with Crippen LogP contribution in [0.25, 0.3) is 0 Å². The molecule has 0 aliphatic heterocycles. The summed E-state index contributed by atoms with van der Waals surface area (Å²) >= 11 is 3.37. The molecule has 1 unspecified atom stereocenters. The van der Waals surface area contributed by atoms with Crippen molar-refractivity contribution in [2.75, 3.05) is 13.2 Å². The van der Waals surface area contributed by atoms with Crippen molar-refractivity contribution in [1.82, 2.24) is 0 Å². The fourth-order valence-electron chi connectivity index (χ4n) is 2.08. The molecule has 0 aliphatic carbocycles. The molecule has 4 nitrogen and oxygen atoms in total. The fourth-order valence-corrected chi connectivity index (χ4v) is 2.35. The maximum atomic E-state index is 12.3. The Balaban J connectivity index is 3.19. The van der Waals surface area contributed by atoms with Crippen LogP contribution in [0.4, 0.5) is 0 Å². The second kappa shape index (κ2) is 7.59. The van der Waals surface area contributed by atoms with Crippen molar-refractivity contribution in [2.24, 2.45) is 5.41 Å². The number of rotatable bonds is 6. The predicted molar refractivity (Wildman–Crippen MR) is 83.9 cm³/mol. The molecule has 1 rings (SSSR count). The molecule has 0 spiro atoms. The molecule has 0 fully saturated rings. The van der Waals surface area contributed by atoms with E-state index in [9.17, 15) is 9.59 Å². The molecule has 1 atom stereocenters. The first-order valence-electron chi connectivity index (χ1n) is 6.97. The Kier molecular flexibility index (Phi) is 6.40. The lowest BCUT2D eigenvalue weighted by molar-refractivity contribution is -0.172. The van der Waals surface area contributed by atoms with E-state index >= 15 is 0 Å². The highest BCUT2D eigenvalue weighted by Crippen LogP contribution is 2.38. The molecule has 0 aliphatic rings. The van der Waals surface area contributed by atoms with Gasteiger partial charge in [0.1, 0.15) is 0 Å². The smallest absolute Gasteiger partial charge is 0.323 e. The first kappa shape index (κ1) is 17.7. The molecule has 1 aromatic carbocycles. The maximum absolute atomic E-state index is 12.3. The third-order valence-corrected chi connectivity index (χ3v) is 4.16. The summed E-state index contributed by atoms with van der Waals surface area (Å²) in [7, 11) is 0. The van der Waals surface area contributed by atoms with Gasteiger partial charge in [0.2, 0.25) is 0 Å². The molecular formula is C16H21BrO4. The van der Waals surface area contributed by atoms with Gasteiger partial charge < -0.3 is 9.47 Å². The summed E-state index contributed by atoms with van der Waals surface area (Å²) < 4.78 is 11.1. The second-order valence-electron chi connectivity index (χ2n) is 4.92. The molecule has 5 heteroatoms. The van der Waals surface area contributed by atoms with Crippen LogP contribution in [0.15, 0.2) is 28.7 Å². The molecule has 0 heterocycles. The van der Waals surface area contributed by atoms with E-state index in [2.05, 4.69) is 15.9 Å². The highest BCUT2D eigenvalue weighted by Gasteiger charge is 2.49. The fraction of sp³-hybridized carbons (Fsp3) is 0.500. The summed E-state index contributed by atoms with van der Waals surface area (Å²) in [5.74, 6) is -1.47. The predicted octanol–water partition coefficient (Wildman–Crippen LogP) is 3.69. The van der Waals surface area contributed by atoms with Gasteiger partial charge in [-0.3, -0.25) is 9.59 Å². The normalized spacial score (nSPS) is 12.6. The lowest BCUT2D eigenvalue weighted by Gasteiger charge is -2.31. The molecule has 0 bridgehead atoms. The number of esters is 2. The maximum Gasteiger partial charge on any atom is 0.323 e. The minimum Gasteiger partial charge on any atom is -0.465 e. The van der Waals surface area contributed by atoms with E-state index in [0.29, 0.717) is 0 Å². The van der Waals surface area contributed by atoms with E-state index in [0.717, 1.165) is 10.0 Å². The van der Waals surface area contributed by atoms with E-state index in [1.807, 2.05) is 31.2 Å². The van der Waals surface area contributed by atoms with Crippen molar-refractivity contribution in [3.8, 4) is 0 Å². The van der Waals surface area contributed by atoms with Crippen LogP contribution in [0.5, 0.6) is 0 Å². The third kappa shape index (κ3) is 3.84. The average Bonchev–Trinajstić information content (AvgIpc) is 2.46. The van der Waals surface area contributed by atoms with Crippen molar-refractivity contribution in [3.63, 3.8) is 0 Å². The highest BCUT2D eigenvalue weighted by molar-refractivity contribution is 9.10. The van der Waals surface area contributed by atoms with Crippen molar-refractivity contribution >= 4 is 27.9 Å². The second-order valence-corrected chi connectivity index (χ2v) is 5.83. The van der Waals surface area contributed by atoms with Gasteiger partial charge in [0.05, 0.1) is 13.2 Å². The van der Waals surface area contributed by atoms with Crippen molar-refractivity contribution in [3.05, 3.63) is 34.3 Å². The van der Waals surface area contributed by atoms with Gasteiger partial charge in [-0.1, -0.05) is 35.0 Å². The van der Waals surface area contributed by atoms with E-state index < -0.39 is 17.4 Å². The van der Waals surface area contributed by atoms with Gasteiger partial charge in [0.25, 0.3) is 0 Å². The van der Waals surface area contributed by atoms with Gasteiger partial charge in [-0.2, -0.15) is 0 Å². The number of carbonyl (C=O) groups excluding carboxylic acids is 2. The lowest BCUT2D eigenvalue weighted by Crippen LogP contribution is -2.43. The summed E-state index contributed by atoms with van der Waals surface area (Å²) in [5.41, 5.74) is -0.485. The molecule has 116 valence electrons. The third-order valence-electron chi connectivity index (χ3n) is 3.63. The minimum absolute atomic E-state index is 0.223. The van der Waals surface area contributed by atoms with Crippen molar-refractivity contribution in [1.29, 1.82) is 0 Å². The Hall–Kier alpha value is -1.36. The van der Waals surface area contributed by atoms with Gasteiger partial charge in [-0.15, -0.1) is 0 Å². The number of carbonyl (C=O) groups is 2. The Morgan fingerprint density at radius 1 is 1.10 bits per heavy atom. The van der Waals surface area contributed by atoms with Gasteiger partial charge in [-0.05, 0) is 38.5 Å². The Morgan fingerprint density at radius 3 is 1.90 bits per heavy atom. The molecule has 0 aromatic heterocycles. The van der Waals surface area contributed by atoms with E-state index in [4.69, 9.17) is 9.47 Å². The molecule has 0 radical (unpaired) electrons. The molecule has 0 amide bonds. The summed E-state index contributed by atoms with van der Waals surface area (Å²) in [6.45, 7) is 7.29. The van der Waals surface area contributed by atoms with Crippen LogP contribution in [0.3, 0.4) is 0 Å². The first-order chi connectivity index (χ1) is 9.87. The summed E-state index contributed by atoms with van der Waals surface area (Å²) in [6, 6.07) is 7.52. The van der Waals surface area contributed by atoms with E-state index in [1.165, 1.54) is 0 Å². The molecule has 0 N–H and O–H groups in total. The van der Waals surface area contributed by atoms with Gasteiger partial charge in [0, 0.05) is 10.4 Å². The minimum atomic E-state index is -1.36. The monoisotopic (exact) mass is 356 g/mol. The summed E-state index contributed by atoms with van der Waals surface area (Å²) in [5, 5.41) is 0. The SMILES string of the molecule is CCOC(=O)C(C)(C(=O)OCC)C(C)c1ccc(Br)cc1. The van der Waals surface area contributed by atoms with Crippen molar-refractivity contribution < 1.29 is 19.1 Å². The molecule has 0 saturated heterocycles. The highest BCUT2D eigenvalue weighted by atomic mass is 79.9. The largest absolute Gasteiger partial charge is 0.465 e. The number of hydrogen-bond donors (Lipinski definition) is 0. The van der Waals surface area contributed by atoms with Crippen molar-refractivity contribution in [2.45, 2.75) is 33.6 Å². The van der Waals surface area contributed by atoms with Crippen LogP contribution in [-0.2, 0) is 19.1 Å². The average molecular weight is 357 g/mol. The molecule has 21 heavy (non-hydrogen) atoms. The van der Waals surface area contributed by atoms with E-state index in [-0.39, 0.29) is 19.1 Å². The zero-order valence-electron chi connectivity index (χ0n) is 12.8. The summed E-state index contributed by atoms with van der Waals surface area (Å²) in [4.78, 5) is 24.7. The first-order valence-corrected chi connectivity index (χ1v) is 7.77. The van der Waals surface area contributed by atoms with Crippen LogP contribution in [0.2, 0.25) is 0 Å². The summed E-state index contributed by atoms with van der Waals surface area (Å²) in [6.07, 6.45) is 0. The zero-order chi connectivity index (χ0) is 16.0. The van der Waals surface area contributed by atoms with Gasteiger partial charge >= 0.3 is 11.9 Å². The van der Waals surface area contributed by atoms with Gasteiger partial charge in [-0.25, -0.2) is 0 Å². The van der Waals surface area contributed by atoms with Crippen LogP contribution < -0.4 is 0 Å². The van der Waals surface area contributed by atoms with Crippen LogP contribution >= 0.6 is 15.9 Å². The Morgan fingerprint density at radius 2 is 1.52 bits per heavy atom. The Labute approximate surface area is 133 Å². The van der Waals surface area contributed by atoms with Gasteiger partial charge in [0.15, 0.2) is 5.41 Å². The number of ether oxygens (including phenoxy) is 2. The Bertz CT molecular complexity index is 478. The number of hydrogen-bond acceptors (Lipinski definition) is 4. The zero-order valence-corrected chi connectivity index (χ0v) is 14.4. The number of halogens is 1.